The van der Waals surface area contributed by atoms with Crippen LogP contribution in [-0.4, -0.2) is 91.6 Å². The molecule has 6 atom stereocenters. The van der Waals surface area contributed by atoms with Gasteiger partial charge in [0.05, 0.1) is 38.3 Å². The lowest BCUT2D eigenvalue weighted by atomic mass is 9.80. The summed E-state index contributed by atoms with van der Waals surface area (Å²) in [7, 11) is 17.2. The lowest BCUT2D eigenvalue weighted by molar-refractivity contribution is 0.301. The minimum Gasteiger partial charge on any atom is -0.497 e. The predicted octanol–water partition coefficient (Wildman–Crippen LogP) is 34.5. The van der Waals surface area contributed by atoms with E-state index >= 15 is 0 Å². The predicted molar refractivity (Wildman–Crippen MR) is 612 cm³/mol. The van der Waals surface area contributed by atoms with E-state index in [0.29, 0.717) is 30.2 Å². The number of fused-ring (bicyclic) bond motifs is 2. The van der Waals surface area contributed by atoms with Gasteiger partial charge in [-0.05, 0) is 329 Å². The average Bonchev–Trinajstić information content (AvgIpc) is 1.26. The third kappa shape index (κ3) is 26.8. The van der Waals surface area contributed by atoms with Crippen molar-refractivity contribution >= 4 is 67.0 Å². The number of likely N-dealkylation sites (N-methyl/N-ethyl adjacent to an activating group) is 5. The van der Waals surface area contributed by atoms with E-state index in [4.69, 9.17) is 4.74 Å². The molecular weight excluding hydrogens is 1690 g/mol. The monoisotopic (exact) mass is 1850 g/mol. The van der Waals surface area contributed by atoms with Crippen molar-refractivity contribution in [1.82, 2.24) is 9.38 Å². The first-order chi connectivity index (χ1) is 65.9. The second-order valence-electron chi connectivity index (χ2n) is 42.6. The molecule has 0 amide bonds. The summed E-state index contributed by atoms with van der Waals surface area (Å²) in [6, 6.07) is 75.2. The van der Waals surface area contributed by atoms with Crippen LogP contribution in [0.5, 0.6) is 0 Å². The molecule has 0 saturated heterocycles. The molecule has 139 heavy (non-hydrogen) atoms. The molecule has 8 heteroatoms. The highest BCUT2D eigenvalue weighted by molar-refractivity contribution is 5.92. The molecule has 0 saturated carbocycles. The Bertz CT molecular complexity index is 6370. The number of hydrogen-bond acceptors (Lipinski definition) is 7. The van der Waals surface area contributed by atoms with Gasteiger partial charge in [0.2, 0.25) is 0 Å². The molecule has 0 N–H and O–H groups in total. The van der Waals surface area contributed by atoms with Crippen LogP contribution in [0.4, 0.5) is 45.5 Å². The second kappa shape index (κ2) is 47.5. The van der Waals surface area contributed by atoms with Crippen molar-refractivity contribution < 1.29 is 4.74 Å². The number of aryl methyl sites for hydroxylation is 10. The highest BCUT2D eigenvalue weighted by Crippen LogP contribution is 2.45. The summed E-state index contributed by atoms with van der Waals surface area (Å²) in [6.45, 7) is 55.5. The highest BCUT2D eigenvalue weighted by atomic mass is 16.5. The van der Waals surface area contributed by atoms with E-state index in [1.807, 2.05) is 0 Å². The van der Waals surface area contributed by atoms with Gasteiger partial charge in [-0.2, -0.15) is 0 Å². The molecule has 730 valence electrons. The van der Waals surface area contributed by atoms with Crippen LogP contribution in [0.15, 0.2) is 364 Å². The summed E-state index contributed by atoms with van der Waals surface area (Å²) in [5, 5.41) is 5.15. The third-order valence-corrected chi connectivity index (χ3v) is 29.6. The van der Waals surface area contributed by atoms with E-state index < -0.39 is 0 Å². The summed E-state index contributed by atoms with van der Waals surface area (Å²) >= 11 is 0. The van der Waals surface area contributed by atoms with E-state index in [0.717, 1.165) is 55.2 Å². The van der Waals surface area contributed by atoms with E-state index in [-0.39, 0.29) is 10.8 Å². The van der Waals surface area contributed by atoms with Crippen LogP contribution in [0, 0.1) is 74.7 Å². The number of allylic oxidation sites excluding steroid dienone is 15. The van der Waals surface area contributed by atoms with Crippen molar-refractivity contribution in [3.05, 3.63) is 425 Å². The Morgan fingerprint density at radius 3 is 1.15 bits per heavy atom. The molecule has 0 bridgehead atoms. The molecular formula is C131H166N7O+. The van der Waals surface area contributed by atoms with Gasteiger partial charge in [-0.15, -0.1) is 0 Å². The maximum Gasteiger partial charge on any atom is 0.141 e. The first-order valence-electron chi connectivity index (χ1n) is 50.6. The summed E-state index contributed by atoms with van der Waals surface area (Å²) in [6.07, 6.45) is 41.5. The van der Waals surface area contributed by atoms with Gasteiger partial charge in [0.25, 0.3) is 0 Å². The number of para-hydroxylation sites is 2. The lowest BCUT2D eigenvalue weighted by Crippen LogP contribution is -2.50. The fraction of sp³-hybridized carbons (Fsp3) is 0.359. The van der Waals surface area contributed by atoms with E-state index in [9.17, 15) is 0 Å². The average molecular weight is 1850 g/mol. The largest absolute Gasteiger partial charge is 0.497 e. The molecule has 10 aromatic carbocycles. The first-order valence-corrected chi connectivity index (χ1v) is 50.6. The summed E-state index contributed by atoms with van der Waals surface area (Å²) < 4.78 is 6.12. The number of anilines is 6. The topological polar surface area (TPSA) is 28.7 Å². The lowest BCUT2D eigenvalue weighted by Gasteiger charge is -2.43. The van der Waals surface area contributed by atoms with Crippen molar-refractivity contribution in [3.63, 3.8) is 0 Å². The number of rotatable bonds is 16. The number of methoxy groups -OCH3 is 1. The van der Waals surface area contributed by atoms with Crippen LogP contribution >= 0.6 is 0 Å². The quantitative estimate of drug-likeness (QED) is 0.0891. The Hall–Kier alpha value is -12.4. The molecule has 0 heterocycles. The maximum absolute atomic E-state index is 5.30. The third-order valence-electron chi connectivity index (χ3n) is 29.6. The van der Waals surface area contributed by atoms with Gasteiger partial charge < -0.3 is 34.1 Å². The Kier molecular flexibility index (Phi) is 36.6. The van der Waals surface area contributed by atoms with Crippen LogP contribution in [0.2, 0.25) is 0 Å². The van der Waals surface area contributed by atoms with Gasteiger partial charge in [-0.1, -0.05) is 299 Å². The van der Waals surface area contributed by atoms with Crippen LogP contribution in [0.25, 0.3) is 21.5 Å². The Labute approximate surface area is 841 Å². The molecule has 7 aliphatic carbocycles. The van der Waals surface area contributed by atoms with Gasteiger partial charge in [0, 0.05) is 119 Å². The highest BCUT2D eigenvalue weighted by Gasteiger charge is 2.40. The standard InChI is InChI=1S/C23H21N.C23H28N.C23H35N.C17H23NO.C17H23N.C15H19N.C13H17N/c1-16-12-18-8-4-6-10-20(18)14-22(16)24(3)23-15-21-11-7-5-9-19(21)13-17(23)2;1-17-11-13-22(19(3)15-17)24(5,21-9-7-6-8-10-21)23-14-12-18(2)16-20(23)4;1-16-14-18(22(3,4)5)10-12-20(16)24(9)21-13-11-19(15-17(21)2)23(6,7)8;1-12-6-8-16(13(2)10-12)18(4)17-9-7-15(19-5)11-14(17)3;1-12-6-8-16(14(3)10-12)18(5)17-9-7-13(2)11-15(17)4;1-12-8-4-6-10-14(12)16(3)15-11-7-5-9-13(15)2;1-10-6-4-8-12(10)14(3)13-9-5-7-11(13)2/h4-15H,1-3H3;6-13,15-16,23H,14H2,1-5H3;10-12,14-15,21H,13H2,1-9H3;6-8,10-11,17H,9H2,1-5H3;6-8,10-11,17H,9H2,1-5H3;4-10,15H,11H2,1-3H3;4-7H,8-9H2,1-3H3/q;+1;;;;;. The molecule has 8 nitrogen and oxygen atoms in total. The summed E-state index contributed by atoms with van der Waals surface area (Å²) in [4.78, 5) is 14.3. The smallest absolute Gasteiger partial charge is 0.141 e. The zero-order valence-electron chi connectivity index (χ0n) is 91.1. The minimum absolute atomic E-state index is 0.201. The van der Waals surface area contributed by atoms with Gasteiger partial charge in [0.15, 0.2) is 0 Å². The molecule has 7 aliphatic rings. The van der Waals surface area contributed by atoms with Crippen molar-refractivity contribution in [1.29, 1.82) is 0 Å². The van der Waals surface area contributed by atoms with E-state index in [1.54, 1.807) is 7.11 Å². The number of ether oxygens (including phenoxy) is 1. The van der Waals surface area contributed by atoms with E-state index in [2.05, 4.69) is 543 Å². The normalized spacial score (nSPS) is 18.0. The first kappa shape index (κ1) is 107. The van der Waals surface area contributed by atoms with Crippen LogP contribution in [-0.2, 0) is 10.2 Å². The molecule has 0 spiro atoms. The second-order valence-corrected chi connectivity index (χ2v) is 42.6. The molecule has 6 unspecified atom stereocenters. The van der Waals surface area contributed by atoms with E-state index in [1.165, 1.54) is 195 Å². The molecule has 0 radical (unpaired) electrons. The fourth-order valence-corrected chi connectivity index (χ4v) is 21.3. The SMILES string of the molecule is CC1=C(N(C)C2=C(C)C=CC2)CC=C1.CC1=CC(C(C)(C)C)=CCC1N(C)c1ccc(C(C)(C)C)cc1C.CC1=CC=CCC1N(C)c1ccccc1C.CC1=CCC(N(C)c2ccc(C)cc2C)C(C)=C1.CC1=CCC([N+](C)(c2ccccc2)c2ccc(C)cc2C)C(C)=C1.COC1=CCC(N(C)c2ccc(C)cc2C)C(C)=C1.Cc1cc2ccccc2cc1N(C)c1cc2ccccc2cc1C. The van der Waals surface area contributed by atoms with Crippen molar-refractivity contribution in [2.75, 3.05) is 80.9 Å². The summed E-state index contributed by atoms with van der Waals surface area (Å²) in [5.74, 6) is 0.975. The van der Waals surface area contributed by atoms with Gasteiger partial charge in [-0.25, -0.2) is 0 Å². The molecule has 0 aromatic heterocycles. The minimum atomic E-state index is 0.201. The number of nitrogens with zero attached hydrogens (tertiary/aromatic N) is 7. The van der Waals surface area contributed by atoms with Crippen molar-refractivity contribution in [2.45, 2.75) is 254 Å². The zero-order valence-corrected chi connectivity index (χ0v) is 91.1. The molecule has 17 rings (SSSR count). The number of quaternary nitrogens is 1. The van der Waals surface area contributed by atoms with Crippen molar-refractivity contribution in [2.24, 2.45) is 5.41 Å². The zero-order chi connectivity index (χ0) is 101. The Morgan fingerprint density at radius 1 is 0.324 bits per heavy atom. The van der Waals surface area contributed by atoms with Crippen LogP contribution in [0.1, 0.15) is 210 Å². The number of hydrogen-bond donors (Lipinski definition) is 0. The van der Waals surface area contributed by atoms with Crippen LogP contribution in [0.3, 0.4) is 0 Å². The maximum atomic E-state index is 5.30. The Morgan fingerprint density at radius 2 is 0.727 bits per heavy atom. The molecule has 10 aromatic rings. The van der Waals surface area contributed by atoms with Crippen LogP contribution < -0.4 is 29.0 Å². The van der Waals surface area contributed by atoms with Gasteiger partial charge >= 0.3 is 0 Å². The number of benzene rings is 10. The Balaban J connectivity index is 0.000000156. The molecule has 0 fully saturated rings. The van der Waals surface area contributed by atoms with Gasteiger partial charge in [-0.3, -0.25) is 4.48 Å². The van der Waals surface area contributed by atoms with Gasteiger partial charge in [0.1, 0.15) is 23.2 Å². The summed E-state index contributed by atoms with van der Waals surface area (Å²) in [5.41, 5.74) is 42.8. The fourth-order valence-electron chi connectivity index (χ4n) is 21.3. The molecule has 0 aliphatic heterocycles. The van der Waals surface area contributed by atoms with Crippen molar-refractivity contribution in [3.8, 4) is 0 Å².